The van der Waals surface area contributed by atoms with Crippen molar-refractivity contribution < 1.29 is 14.8 Å². The number of amides is 1. The maximum Gasteiger partial charge on any atom is 0.270 e. The lowest BCUT2D eigenvalue weighted by atomic mass is 9.87. The van der Waals surface area contributed by atoms with Gasteiger partial charge < -0.3 is 10.4 Å². The Hall–Kier alpha value is -1.95. The van der Waals surface area contributed by atoms with E-state index in [1.54, 1.807) is 13.0 Å². The van der Waals surface area contributed by atoms with Gasteiger partial charge in [0.05, 0.1) is 11.5 Å². The van der Waals surface area contributed by atoms with Gasteiger partial charge in [-0.1, -0.05) is 12.8 Å². The first-order valence-electron chi connectivity index (χ1n) is 7.11. The summed E-state index contributed by atoms with van der Waals surface area (Å²) >= 11 is 0. The quantitative estimate of drug-likeness (QED) is 0.642. The summed E-state index contributed by atoms with van der Waals surface area (Å²) in [4.78, 5) is 22.5. The van der Waals surface area contributed by atoms with E-state index in [9.17, 15) is 20.0 Å². The second-order valence-corrected chi connectivity index (χ2v) is 5.86. The van der Waals surface area contributed by atoms with Gasteiger partial charge in [0.25, 0.3) is 11.6 Å². The molecule has 0 heterocycles. The molecule has 2 rings (SSSR count). The fourth-order valence-corrected chi connectivity index (χ4v) is 2.89. The minimum absolute atomic E-state index is 0.0568. The number of nitrogens with one attached hydrogen (secondary N) is 1. The number of aryl methyl sites for hydroxylation is 1. The average molecular weight is 292 g/mol. The second-order valence-electron chi connectivity index (χ2n) is 5.86. The fraction of sp³-hybridized carbons (Fsp3) is 0.533. The van der Waals surface area contributed by atoms with Gasteiger partial charge in [-0.25, -0.2) is 0 Å². The Labute approximate surface area is 123 Å². The Morgan fingerprint density at radius 3 is 2.62 bits per heavy atom. The molecule has 6 heteroatoms. The number of hydrogen-bond donors (Lipinski definition) is 2. The predicted octanol–water partition coefficient (Wildman–Crippen LogP) is 2.19. The predicted molar refractivity (Wildman–Crippen MR) is 78.2 cm³/mol. The van der Waals surface area contributed by atoms with E-state index in [2.05, 4.69) is 5.32 Å². The first-order chi connectivity index (χ1) is 9.96. The number of non-ortho nitro benzene ring substituents is 1. The number of nitrogens with zero attached hydrogens (tertiary/aromatic N) is 1. The minimum Gasteiger partial charge on any atom is -0.396 e. The van der Waals surface area contributed by atoms with Crippen LogP contribution < -0.4 is 5.32 Å². The third kappa shape index (κ3) is 3.58. The molecule has 0 unspecified atom stereocenters. The molecule has 0 aromatic heterocycles. The SMILES string of the molecule is Cc1cc(C(=O)NCC2(CO)CCCC2)cc([N+](=O)[O-])c1. The Kier molecular flexibility index (Phi) is 4.57. The molecule has 0 atom stereocenters. The summed E-state index contributed by atoms with van der Waals surface area (Å²) in [5.74, 6) is -0.332. The van der Waals surface area contributed by atoms with Crippen molar-refractivity contribution in [2.45, 2.75) is 32.6 Å². The number of aliphatic hydroxyl groups is 1. The molecule has 21 heavy (non-hydrogen) atoms. The largest absolute Gasteiger partial charge is 0.396 e. The molecule has 6 nitrogen and oxygen atoms in total. The van der Waals surface area contributed by atoms with E-state index in [1.165, 1.54) is 12.1 Å². The average Bonchev–Trinajstić information content (AvgIpc) is 2.93. The standard InChI is InChI=1S/C15H20N2O4/c1-11-6-12(8-13(7-11)17(20)21)14(19)16-9-15(10-18)4-2-3-5-15/h6-8,18H,2-5,9-10H2,1H3,(H,16,19). The van der Waals surface area contributed by atoms with Crippen molar-refractivity contribution in [1.82, 2.24) is 5.32 Å². The minimum atomic E-state index is -0.504. The molecular weight excluding hydrogens is 272 g/mol. The second kappa shape index (κ2) is 6.22. The van der Waals surface area contributed by atoms with Crippen LogP contribution in [-0.4, -0.2) is 29.1 Å². The zero-order chi connectivity index (χ0) is 15.5. The van der Waals surface area contributed by atoms with Crippen molar-refractivity contribution in [2.24, 2.45) is 5.41 Å². The van der Waals surface area contributed by atoms with Gasteiger partial charge in [-0.15, -0.1) is 0 Å². The molecule has 114 valence electrons. The van der Waals surface area contributed by atoms with Gasteiger partial charge in [0.2, 0.25) is 0 Å². The van der Waals surface area contributed by atoms with Crippen LogP contribution in [0.4, 0.5) is 5.69 Å². The summed E-state index contributed by atoms with van der Waals surface area (Å²) in [6.45, 7) is 2.18. The van der Waals surface area contributed by atoms with E-state index in [1.807, 2.05) is 0 Å². The third-order valence-corrected chi connectivity index (χ3v) is 4.16. The van der Waals surface area contributed by atoms with Crippen LogP contribution in [0.25, 0.3) is 0 Å². The fourth-order valence-electron chi connectivity index (χ4n) is 2.89. The molecule has 2 N–H and O–H groups in total. The van der Waals surface area contributed by atoms with Crippen molar-refractivity contribution in [1.29, 1.82) is 0 Å². The van der Waals surface area contributed by atoms with Crippen molar-refractivity contribution in [3.05, 3.63) is 39.4 Å². The molecule has 0 spiro atoms. The van der Waals surface area contributed by atoms with Crippen LogP contribution in [0.15, 0.2) is 18.2 Å². The van der Waals surface area contributed by atoms with Gasteiger partial charge in [-0.05, 0) is 31.4 Å². The summed E-state index contributed by atoms with van der Waals surface area (Å²) in [5.41, 5.74) is 0.642. The van der Waals surface area contributed by atoms with Gasteiger partial charge in [-0.2, -0.15) is 0 Å². The third-order valence-electron chi connectivity index (χ3n) is 4.16. The Bertz CT molecular complexity index is 551. The van der Waals surface area contributed by atoms with Gasteiger partial charge >= 0.3 is 0 Å². The van der Waals surface area contributed by atoms with Crippen LogP contribution in [0.2, 0.25) is 0 Å². The zero-order valence-corrected chi connectivity index (χ0v) is 12.1. The number of carbonyl (C=O) groups excluding carboxylic acids is 1. The van der Waals surface area contributed by atoms with Gasteiger partial charge in [0.1, 0.15) is 0 Å². The number of carbonyl (C=O) groups is 1. The highest BCUT2D eigenvalue weighted by Crippen LogP contribution is 2.36. The monoisotopic (exact) mass is 292 g/mol. The molecule has 1 saturated carbocycles. The highest BCUT2D eigenvalue weighted by Gasteiger charge is 2.33. The van der Waals surface area contributed by atoms with Crippen LogP contribution in [0, 0.1) is 22.5 Å². The Morgan fingerprint density at radius 2 is 2.05 bits per heavy atom. The molecule has 0 saturated heterocycles. The normalized spacial score (nSPS) is 16.7. The van der Waals surface area contributed by atoms with E-state index >= 15 is 0 Å². The maximum atomic E-state index is 12.2. The molecule has 1 aliphatic carbocycles. The summed E-state index contributed by atoms with van der Waals surface area (Å²) in [6, 6.07) is 4.34. The van der Waals surface area contributed by atoms with Crippen molar-refractivity contribution in [2.75, 3.05) is 13.2 Å². The van der Waals surface area contributed by atoms with Crippen LogP contribution in [-0.2, 0) is 0 Å². The van der Waals surface area contributed by atoms with Crippen LogP contribution in [0.5, 0.6) is 0 Å². The zero-order valence-electron chi connectivity index (χ0n) is 12.1. The maximum absolute atomic E-state index is 12.2. The van der Waals surface area contributed by atoms with Crippen molar-refractivity contribution >= 4 is 11.6 Å². The van der Waals surface area contributed by atoms with Gasteiger partial charge in [-0.3, -0.25) is 14.9 Å². The molecule has 0 radical (unpaired) electrons. The van der Waals surface area contributed by atoms with Crippen molar-refractivity contribution in [3.63, 3.8) is 0 Å². The van der Waals surface area contributed by atoms with E-state index in [-0.39, 0.29) is 29.2 Å². The summed E-state index contributed by atoms with van der Waals surface area (Å²) < 4.78 is 0. The Balaban J connectivity index is 2.08. The highest BCUT2D eigenvalue weighted by molar-refractivity contribution is 5.95. The molecule has 0 bridgehead atoms. The highest BCUT2D eigenvalue weighted by atomic mass is 16.6. The topological polar surface area (TPSA) is 92.5 Å². The summed E-state index contributed by atoms with van der Waals surface area (Å²) in [7, 11) is 0. The first-order valence-corrected chi connectivity index (χ1v) is 7.11. The number of benzene rings is 1. The number of aliphatic hydroxyl groups excluding tert-OH is 1. The smallest absolute Gasteiger partial charge is 0.270 e. The molecule has 1 aliphatic rings. The number of hydrogen-bond acceptors (Lipinski definition) is 4. The van der Waals surface area contributed by atoms with Crippen LogP contribution >= 0.6 is 0 Å². The van der Waals surface area contributed by atoms with Gasteiger partial charge in [0.15, 0.2) is 0 Å². The van der Waals surface area contributed by atoms with Crippen molar-refractivity contribution in [3.8, 4) is 0 Å². The summed E-state index contributed by atoms with van der Waals surface area (Å²) in [5, 5.41) is 23.2. The lowest BCUT2D eigenvalue weighted by Crippen LogP contribution is -2.38. The first kappa shape index (κ1) is 15.4. The molecule has 1 aromatic rings. The van der Waals surface area contributed by atoms with Crippen LogP contribution in [0.3, 0.4) is 0 Å². The summed E-state index contributed by atoms with van der Waals surface area (Å²) in [6.07, 6.45) is 3.92. The molecule has 1 fully saturated rings. The lowest BCUT2D eigenvalue weighted by molar-refractivity contribution is -0.384. The van der Waals surface area contributed by atoms with Gasteiger partial charge in [0, 0.05) is 29.7 Å². The van der Waals surface area contributed by atoms with E-state index in [0.717, 1.165) is 25.7 Å². The lowest BCUT2D eigenvalue weighted by Gasteiger charge is -2.26. The van der Waals surface area contributed by atoms with E-state index in [0.29, 0.717) is 12.1 Å². The molecule has 1 amide bonds. The van der Waals surface area contributed by atoms with E-state index in [4.69, 9.17) is 0 Å². The molecule has 0 aliphatic heterocycles. The number of nitro groups is 1. The molecular formula is C15H20N2O4. The molecule has 1 aromatic carbocycles. The van der Waals surface area contributed by atoms with Crippen LogP contribution in [0.1, 0.15) is 41.6 Å². The van der Waals surface area contributed by atoms with E-state index < -0.39 is 4.92 Å². The number of rotatable bonds is 5. The number of nitro benzene ring substituents is 1. The Morgan fingerprint density at radius 1 is 1.38 bits per heavy atom.